The molecule has 2 unspecified atom stereocenters. The Hall–Kier alpha value is -7.05. The minimum Gasteiger partial charge on any atom is -0.309 e. The molecule has 2 fully saturated rings. The van der Waals surface area contributed by atoms with Gasteiger partial charge in [0.25, 0.3) is 0 Å². The molecule has 0 spiro atoms. The van der Waals surface area contributed by atoms with Gasteiger partial charge in [-0.25, -0.2) is 4.98 Å². The first-order valence-electron chi connectivity index (χ1n) is 22.4. The monoisotopic (exact) mass is 802 g/mol. The van der Waals surface area contributed by atoms with E-state index in [9.17, 15) is 0 Å². The Morgan fingerprint density at radius 3 is 1.68 bits per heavy atom. The van der Waals surface area contributed by atoms with Gasteiger partial charge in [-0.05, 0) is 104 Å². The maximum atomic E-state index is 5.71. The van der Waals surface area contributed by atoms with Gasteiger partial charge in [-0.1, -0.05) is 123 Å². The first-order chi connectivity index (χ1) is 30.5. The second-order valence-corrected chi connectivity index (χ2v) is 18.5. The molecule has 0 amide bonds. The summed E-state index contributed by atoms with van der Waals surface area (Å²) in [5.41, 5.74) is 9.98. The Labute approximate surface area is 360 Å². The van der Waals surface area contributed by atoms with Gasteiger partial charge in [-0.2, -0.15) is 9.97 Å². The molecule has 0 aliphatic heterocycles. The summed E-state index contributed by atoms with van der Waals surface area (Å²) >= 11 is 0. The van der Waals surface area contributed by atoms with Crippen LogP contribution in [-0.2, 0) is 5.41 Å². The zero-order chi connectivity index (χ0) is 41.1. The van der Waals surface area contributed by atoms with Crippen molar-refractivity contribution < 1.29 is 0 Å². The SMILES string of the molecule is C[C@@H]1CC2C[C@H](C)CC(c3nc(-c4ccccc4-n4c5ccccc5c5ccc6c(c7ccccc7n6-c6ccccc6)c54)nc(-n4c5ccccc5c5ccccc54)n3)(C2)C1. The van der Waals surface area contributed by atoms with Crippen molar-refractivity contribution in [2.75, 3.05) is 0 Å². The van der Waals surface area contributed by atoms with Crippen LogP contribution in [-0.4, -0.2) is 28.7 Å². The Morgan fingerprint density at radius 2 is 1.00 bits per heavy atom. The summed E-state index contributed by atoms with van der Waals surface area (Å²) in [6.07, 6.45) is 5.91. The van der Waals surface area contributed by atoms with E-state index in [1.54, 1.807) is 0 Å². The van der Waals surface area contributed by atoms with Crippen LogP contribution in [0.3, 0.4) is 0 Å². The summed E-state index contributed by atoms with van der Waals surface area (Å²) in [5.74, 6) is 4.27. The van der Waals surface area contributed by atoms with Gasteiger partial charge in [-0.3, -0.25) is 4.57 Å². The summed E-state index contributed by atoms with van der Waals surface area (Å²) < 4.78 is 7.20. The molecule has 2 aliphatic rings. The smallest absolute Gasteiger partial charge is 0.238 e. The Bertz CT molecular complexity index is 3500. The van der Waals surface area contributed by atoms with Crippen molar-refractivity contribution in [3.8, 4) is 28.7 Å². The number of rotatable bonds is 5. The van der Waals surface area contributed by atoms with Crippen LogP contribution in [0.15, 0.2) is 164 Å². The number of benzene rings is 7. The lowest BCUT2D eigenvalue weighted by Crippen LogP contribution is -2.43. The molecule has 4 heterocycles. The zero-order valence-corrected chi connectivity index (χ0v) is 35.0. The van der Waals surface area contributed by atoms with Crippen LogP contribution < -0.4 is 0 Å². The quantitative estimate of drug-likeness (QED) is 0.174. The maximum Gasteiger partial charge on any atom is 0.238 e. The second-order valence-electron chi connectivity index (χ2n) is 18.5. The highest BCUT2D eigenvalue weighted by Gasteiger charge is 2.47. The lowest BCUT2D eigenvalue weighted by atomic mass is 9.56. The van der Waals surface area contributed by atoms with Crippen LogP contribution in [0.25, 0.3) is 94.1 Å². The van der Waals surface area contributed by atoms with E-state index in [-0.39, 0.29) is 5.41 Å². The van der Waals surface area contributed by atoms with Crippen LogP contribution in [0.1, 0.15) is 51.8 Å². The molecule has 2 saturated carbocycles. The predicted octanol–water partition coefficient (Wildman–Crippen LogP) is 13.9. The van der Waals surface area contributed by atoms with Gasteiger partial charge >= 0.3 is 0 Å². The van der Waals surface area contributed by atoms with Crippen molar-refractivity contribution in [1.29, 1.82) is 0 Å². The molecule has 2 aliphatic carbocycles. The Morgan fingerprint density at radius 1 is 0.452 bits per heavy atom. The third-order valence-corrected chi connectivity index (χ3v) is 14.4. The molecule has 62 heavy (non-hydrogen) atoms. The minimum atomic E-state index is -0.113. The minimum absolute atomic E-state index is 0.113. The number of para-hydroxylation sites is 6. The highest BCUT2D eigenvalue weighted by atomic mass is 15.2. The van der Waals surface area contributed by atoms with Crippen LogP contribution in [0.2, 0.25) is 0 Å². The lowest BCUT2D eigenvalue weighted by Gasteiger charge is -2.49. The fourth-order valence-electron chi connectivity index (χ4n) is 12.4. The third-order valence-electron chi connectivity index (χ3n) is 14.4. The van der Waals surface area contributed by atoms with E-state index in [4.69, 9.17) is 15.0 Å². The van der Waals surface area contributed by atoms with Crippen LogP contribution in [0.4, 0.5) is 0 Å². The molecule has 300 valence electrons. The van der Waals surface area contributed by atoms with Crippen molar-refractivity contribution in [1.82, 2.24) is 28.7 Å². The molecule has 13 rings (SSSR count). The Kier molecular flexibility index (Phi) is 7.75. The lowest BCUT2D eigenvalue weighted by molar-refractivity contribution is 0.0719. The van der Waals surface area contributed by atoms with E-state index in [0.29, 0.717) is 23.7 Å². The van der Waals surface area contributed by atoms with Crippen molar-refractivity contribution in [2.24, 2.45) is 17.8 Å². The molecule has 4 atom stereocenters. The summed E-state index contributed by atoms with van der Waals surface area (Å²) in [7, 11) is 0. The topological polar surface area (TPSA) is 53.5 Å². The summed E-state index contributed by atoms with van der Waals surface area (Å²) in [4.78, 5) is 16.9. The van der Waals surface area contributed by atoms with E-state index >= 15 is 0 Å². The van der Waals surface area contributed by atoms with E-state index in [1.165, 1.54) is 61.7 Å². The van der Waals surface area contributed by atoms with Gasteiger partial charge in [0.05, 0.1) is 38.8 Å². The second kappa shape index (κ2) is 13.5. The molecular weight excluding hydrogens is 757 g/mol. The average molecular weight is 803 g/mol. The van der Waals surface area contributed by atoms with Gasteiger partial charge in [-0.15, -0.1) is 0 Å². The number of nitrogens with zero attached hydrogens (tertiary/aromatic N) is 6. The van der Waals surface area contributed by atoms with E-state index < -0.39 is 0 Å². The van der Waals surface area contributed by atoms with E-state index in [1.807, 2.05) is 0 Å². The molecule has 0 radical (unpaired) electrons. The molecular formula is C56H46N6. The zero-order valence-electron chi connectivity index (χ0n) is 35.0. The summed E-state index contributed by atoms with van der Waals surface area (Å²) in [6.45, 7) is 4.89. The highest BCUT2D eigenvalue weighted by Crippen LogP contribution is 2.54. The number of hydrogen-bond donors (Lipinski definition) is 0. The molecule has 7 aromatic carbocycles. The van der Waals surface area contributed by atoms with Crippen LogP contribution >= 0.6 is 0 Å². The highest BCUT2D eigenvalue weighted by molar-refractivity contribution is 6.26. The van der Waals surface area contributed by atoms with Gasteiger partial charge in [0.2, 0.25) is 5.95 Å². The van der Waals surface area contributed by atoms with Gasteiger partial charge in [0, 0.05) is 49.0 Å². The molecule has 4 aromatic heterocycles. The molecule has 0 saturated heterocycles. The van der Waals surface area contributed by atoms with Crippen LogP contribution in [0.5, 0.6) is 0 Å². The third kappa shape index (κ3) is 5.19. The van der Waals surface area contributed by atoms with Gasteiger partial charge < -0.3 is 9.13 Å². The number of fused-ring (bicyclic) bond motifs is 12. The molecule has 11 aromatic rings. The molecule has 2 bridgehead atoms. The first-order valence-corrected chi connectivity index (χ1v) is 22.4. The normalized spacial score (nSPS) is 20.3. The number of aromatic nitrogens is 6. The van der Waals surface area contributed by atoms with Gasteiger partial charge in [0.1, 0.15) is 5.82 Å². The fraction of sp³-hybridized carbons (Fsp3) is 0.196. The van der Waals surface area contributed by atoms with Crippen molar-refractivity contribution in [3.63, 3.8) is 0 Å². The van der Waals surface area contributed by atoms with Crippen molar-refractivity contribution in [3.05, 3.63) is 170 Å². The van der Waals surface area contributed by atoms with Crippen LogP contribution in [0, 0.1) is 17.8 Å². The van der Waals surface area contributed by atoms with Crippen molar-refractivity contribution in [2.45, 2.75) is 51.4 Å². The Balaban J connectivity index is 1.13. The largest absolute Gasteiger partial charge is 0.309 e. The first kappa shape index (κ1) is 35.7. The molecule has 0 N–H and O–H groups in total. The summed E-state index contributed by atoms with van der Waals surface area (Å²) in [6, 6.07) is 59.3. The maximum absolute atomic E-state index is 5.71. The average Bonchev–Trinajstić information content (AvgIpc) is 3.94. The fourth-order valence-corrected chi connectivity index (χ4v) is 12.4. The number of hydrogen-bond acceptors (Lipinski definition) is 3. The standard InChI is InChI=1S/C56H46N6/c1-35-30-37-31-36(2)33-56(32-35,34-37)54-57-53(58-55(59-54)62-46-24-12-6-18-39(46)40-19-7-13-25-47(40)62)44-22-10-15-27-49(44)61-45-23-11-8-20-41(45)42-28-29-50-51(52(42)61)43-21-9-14-26-48(43)60(50)38-16-4-3-5-17-38/h3-29,35-37H,30-34H2,1-2H3/t35-,36+,37?,56?. The predicted molar refractivity (Wildman–Crippen MR) is 255 cm³/mol. The van der Waals surface area contributed by atoms with E-state index in [2.05, 4.69) is 191 Å². The molecule has 6 heteroatoms. The van der Waals surface area contributed by atoms with Gasteiger partial charge in [0.15, 0.2) is 5.82 Å². The van der Waals surface area contributed by atoms with Crippen molar-refractivity contribution >= 4 is 65.4 Å². The van der Waals surface area contributed by atoms with E-state index in [0.717, 1.165) is 64.4 Å². The summed E-state index contributed by atoms with van der Waals surface area (Å²) in [5, 5.41) is 7.29. The molecule has 6 nitrogen and oxygen atoms in total.